The third kappa shape index (κ3) is 3.84. The van der Waals surface area contributed by atoms with Crippen molar-refractivity contribution >= 4 is 35.0 Å². The SMILES string of the molecule is O=C1C[C@H](C(F)(F)F)N(C(=O)CSc2n[nH]c(C3CC3)n2)c2ccccc2N1. The molecular formula is C17H16F3N5O2S. The number of fused-ring (bicyclic) bond motifs is 1. The van der Waals surface area contributed by atoms with Crippen molar-refractivity contribution in [2.75, 3.05) is 16.0 Å². The Labute approximate surface area is 162 Å². The van der Waals surface area contributed by atoms with Gasteiger partial charge in [0.25, 0.3) is 0 Å². The molecule has 0 radical (unpaired) electrons. The first-order chi connectivity index (χ1) is 13.3. The molecule has 4 rings (SSSR count). The number of hydrogen-bond acceptors (Lipinski definition) is 5. The number of amides is 2. The van der Waals surface area contributed by atoms with Crippen LogP contribution >= 0.6 is 11.8 Å². The van der Waals surface area contributed by atoms with Gasteiger partial charge in [-0.05, 0) is 25.0 Å². The minimum absolute atomic E-state index is 0.0231. The molecule has 7 nitrogen and oxygen atoms in total. The van der Waals surface area contributed by atoms with Gasteiger partial charge in [-0.2, -0.15) is 13.2 Å². The molecule has 0 saturated heterocycles. The van der Waals surface area contributed by atoms with Gasteiger partial charge in [0.2, 0.25) is 17.0 Å². The van der Waals surface area contributed by atoms with E-state index in [0.29, 0.717) is 16.0 Å². The molecule has 11 heteroatoms. The van der Waals surface area contributed by atoms with Crippen LogP contribution in [0.25, 0.3) is 0 Å². The molecule has 1 aromatic heterocycles. The topological polar surface area (TPSA) is 91.0 Å². The third-order valence-corrected chi connectivity index (χ3v) is 5.38. The van der Waals surface area contributed by atoms with Crippen LogP contribution in [0.15, 0.2) is 29.4 Å². The van der Waals surface area contributed by atoms with Crippen molar-refractivity contribution in [1.29, 1.82) is 0 Å². The first kappa shape index (κ1) is 18.8. The molecule has 1 fully saturated rings. The first-order valence-electron chi connectivity index (χ1n) is 8.65. The van der Waals surface area contributed by atoms with Crippen LogP contribution in [0, 0.1) is 0 Å². The third-order valence-electron chi connectivity index (χ3n) is 4.55. The van der Waals surface area contributed by atoms with Crippen molar-refractivity contribution in [3.05, 3.63) is 30.1 Å². The van der Waals surface area contributed by atoms with Gasteiger partial charge in [0, 0.05) is 5.92 Å². The number of halogens is 3. The molecule has 0 bridgehead atoms. The highest BCUT2D eigenvalue weighted by Crippen LogP contribution is 2.39. The highest BCUT2D eigenvalue weighted by Gasteiger charge is 2.48. The summed E-state index contributed by atoms with van der Waals surface area (Å²) in [5.74, 6) is -0.758. The highest BCUT2D eigenvalue weighted by atomic mass is 32.2. The van der Waals surface area contributed by atoms with Gasteiger partial charge < -0.3 is 5.32 Å². The van der Waals surface area contributed by atoms with Crippen LogP contribution in [0.4, 0.5) is 24.5 Å². The van der Waals surface area contributed by atoms with Crippen molar-refractivity contribution in [3.63, 3.8) is 0 Å². The lowest BCUT2D eigenvalue weighted by Crippen LogP contribution is -2.50. The maximum absolute atomic E-state index is 13.7. The van der Waals surface area contributed by atoms with Crippen molar-refractivity contribution in [2.24, 2.45) is 0 Å². The lowest BCUT2D eigenvalue weighted by atomic mass is 10.1. The van der Waals surface area contributed by atoms with E-state index in [1.165, 1.54) is 18.2 Å². The summed E-state index contributed by atoms with van der Waals surface area (Å²) >= 11 is 0.966. The second-order valence-electron chi connectivity index (χ2n) is 6.66. The number of anilines is 2. The fourth-order valence-electron chi connectivity index (χ4n) is 3.05. The first-order valence-corrected chi connectivity index (χ1v) is 9.64. The summed E-state index contributed by atoms with van der Waals surface area (Å²) in [6.07, 6.45) is -3.56. The average Bonchev–Trinajstić information content (AvgIpc) is 3.40. The molecule has 1 saturated carbocycles. The Morgan fingerprint density at radius 3 is 2.75 bits per heavy atom. The molecule has 1 aliphatic heterocycles. The average molecular weight is 411 g/mol. The van der Waals surface area contributed by atoms with Gasteiger partial charge in [-0.3, -0.25) is 19.6 Å². The van der Waals surface area contributed by atoms with Crippen LogP contribution in [-0.2, 0) is 9.59 Å². The molecule has 2 amide bonds. The minimum Gasteiger partial charge on any atom is -0.324 e. The number of aromatic amines is 1. The summed E-state index contributed by atoms with van der Waals surface area (Å²) in [5.41, 5.74) is 0.196. The number of carbonyl (C=O) groups excluding carboxylic acids is 2. The molecule has 2 N–H and O–H groups in total. The van der Waals surface area contributed by atoms with Crippen molar-refractivity contribution in [2.45, 2.75) is 42.6 Å². The summed E-state index contributed by atoms with van der Waals surface area (Å²) in [4.78, 5) is 29.7. The lowest BCUT2D eigenvalue weighted by molar-refractivity contribution is -0.157. The summed E-state index contributed by atoms with van der Waals surface area (Å²) in [6, 6.07) is 3.72. The number of benzene rings is 1. The van der Waals surface area contributed by atoms with Crippen LogP contribution in [0.3, 0.4) is 0 Å². The zero-order valence-electron chi connectivity index (χ0n) is 14.5. The number of para-hydroxylation sites is 2. The molecule has 1 aliphatic carbocycles. The maximum Gasteiger partial charge on any atom is 0.409 e. The molecular weight excluding hydrogens is 395 g/mol. The number of carbonyl (C=O) groups is 2. The van der Waals surface area contributed by atoms with Crippen LogP contribution in [-0.4, -0.2) is 45.0 Å². The van der Waals surface area contributed by atoms with Gasteiger partial charge >= 0.3 is 6.18 Å². The fourth-order valence-corrected chi connectivity index (χ4v) is 3.72. The molecule has 148 valence electrons. The zero-order valence-corrected chi connectivity index (χ0v) is 15.3. The highest BCUT2D eigenvalue weighted by molar-refractivity contribution is 7.99. The summed E-state index contributed by atoms with van der Waals surface area (Å²) in [7, 11) is 0. The van der Waals surface area contributed by atoms with Crippen molar-refractivity contribution in [3.8, 4) is 0 Å². The number of alkyl halides is 3. The Morgan fingerprint density at radius 1 is 1.29 bits per heavy atom. The van der Waals surface area contributed by atoms with E-state index < -0.39 is 30.5 Å². The van der Waals surface area contributed by atoms with Gasteiger partial charge in [-0.1, -0.05) is 23.9 Å². The van der Waals surface area contributed by atoms with Crippen molar-refractivity contribution < 1.29 is 22.8 Å². The van der Waals surface area contributed by atoms with Gasteiger partial charge in [-0.15, -0.1) is 5.10 Å². The Hall–Kier alpha value is -2.56. The molecule has 1 atom stereocenters. The Kier molecular flexibility index (Phi) is 4.77. The summed E-state index contributed by atoms with van der Waals surface area (Å²) < 4.78 is 41.0. The van der Waals surface area contributed by atoms with E-state index in [2.05, 4.69) is 20.5 Å². The molecule has 1 aromatic carbocycles. The van der Waals surface area contributed by atoms with Gasteiger partial charge in [0.1, 0.15) is 11.9 Å². The normalized spacial score (nSPS) is 19.8. The summed E-state index contributed by atoms with van der Waals surface area (Å²) in [5, 5.41) is 9.55. The number of hydrogen-bond donors (Lipinski definition) is 2. The summed E-state index contributed by atoms with van der Waals surface area (Å²) in [6.45, 7) is 0. The van der Waals surface area contributed by atoms with E-state index in [0.717, 1.165) is 30.4 Å². The van der Waals surface area contributed by atoms with Crippen LogP contribution in [0.5, 0.6) is 0 Å². The smallest absolute Gasteiger partial charge is 0.324 e. The fraction of sp³-hybridized carbons (Fsp3) is 0.412. The number of nitrogens with zero attached hydrogens (tertiary/aromatic N) is 3. The van der Waals surface area contributed by atoms with Gasteiger partial charge in [0.15, 0.2) is 0 Å². The molecule has 2 aliphatic rings. The number of nitrogens with one attached hydrogen (secondary N) is 2. The molecule has 0 unspecified atom stereocenters. The minimum atomic E-state index is -4.75. The van der Waals surface area contributed by atoms with E-state index in [-0.39, 0.29) is 17.1 Å². The predicted octanol–water partition coefficient (Wildman–Crippen LogP) is 3.08. The maximum atomic E-state index is 13.7. The van der Waals surface area contributed by atoms with E-state index in [1.54, 1.807) is 6.07 Å². The molecule has 28 heavy (non-hydrogen) atoms. The van der Waals surface area contributed by atoms with E-state index >= 15 is 0 Å². The largest absolute Gasteiger partial charge is 0.409 e. The Bertz CT molecular complexity index is 912. The molecule has 2 aromatic rings. The number of aromatic nitrogens is 3. The number of H-pyrrole nitrogens is 1. The lowest BCUT2D eigenvalue weighted by Gasteiger charge is -2.31. The second-order valence-corrected chi connectivity index (χ2v) is 7.60. The standard InChI is InChI=1S/C17H16F3N5O2S/c18-17(19,20)12-7-13(26)21-10-3-1-2-4-11(10)25(12)14(27)8-28-16-22-15(23-24-16)9-5-6-9/h1-4,9,12H,5-8H2,(H,21,26)(H,22,23,24)/t12-/m1/s1. The van der Waals surface area contributed by atoms with Crippen molar-refractivity contribution in [1.82, 2.24) is 15.2 Å². The van der Waals surface area contributed by atoms with E-state index in [4.69, 9.17) is 0 Å². The molecule has 2 heterocycles. The number of thioether (sulfide) groups is 1. The van der Waals surface area contributed by atoms with E-state index in [1.807, 2.05) is 0 Å². The second kappa shape index (κ2) is 7.12. The Morgan fingerprint density at radius 2 is 2.04 bits per heavy atom. The molecule has 0 spiro atoms. The zero-order chi connectivity index (χ0) is 19.9. The predicted molar refractivity (Wildman–Crippen MR) is 96.1 cm³/mol. The van der Waals surface area contributed by atoms with Crippen LogP contribution < -0.4 is 10.2 Å². The Balaban J connectivity index is 1.59. The van der Waals surface area contributed by atoms with E-state index in [9.17, 15) is 22.8 Å². The van der Waals surface area contributed by atoms with Crippen LogP contribution in [0.1, 0.15) is 31.0 Å². The van der Waals surface area contributed by atoms with Gasteiger partial charge in [0.05, 0.1) is 23.5 Å². The van der Waals surface area contributed by atoms with Gasteiger partial charge in [-0.25, -0.2) is 4.98 Å². The quantitative estimate of drug-likeness (QED) is 0.755. The monoisotopic (exact) mass is 411 g/mol. The van der Waals surface area contributed by atoms with Crippen LogP contribution in [0.2, 0.25) is 0 Å². The number of rotatable bonds is 4.